The molecule has 1 atom stereocenters. The number of amides is 1. The number of likely N-dealkylation sites (tertiary alicyclic amines) is 1. The molecule has 0 aromatic heterocycles. The van der Waals surface area contributed by atoms with Crippen molar-refractivity contribution in [1.82, 2.24) is 4.90 Å². The fourth-order valence-corrected chi connectivity index (χ4v) is 2.56. The maximum absolute atomic E-state index is 13.3. The highest BCUT2D eigenvalue weighted by Gasteiger charge is 2.20. The Labute approximate surface area is 113 Å². The Hall–Kier alpha value is -1.64. The summed E-state index contributed by atoms with van der Waals surface area (Å²) < 4.78 is 13.3. The van der Waals surface area contributed by atoms with Gasteiger partial charge in [0.25, 0.3) is 0 Å². The molecule has 3 heteroatoms. The molecule has 1 amide bonds. The number of benzene rings is 1. The molecule has 0 saturated carbocycles. The smallest absolute Gasteiger partial charge is 0.226 e. The molecule has 1 unspecified atom stereocenters. The van der Waals surface area contributed by atoms with Crippen LogP contribution >= 0.6 is 0 Å². The molecule has 2 rings (SSSR count). The first-order chi connectivity index (χ1) is 9.10. The van der Waals surface area contributed by atoms with Crippen LogP contribution in [-0.4, -0.2) is 23.9 Å². The number of carbonyl (C=O) groups is 1. The minimum atomic E-state index is -0.294. The summed E-state index contributed by atoms with van der Waals surface area (Å²) in [4.78, 5) is 14.1. The molecule has 102 valence electrons. The first kappa shape index (κ1) is 13.8. The lowest BCUT2D eigenvalue weighted by Gasteiger charge is -2.31. The second-order valence-electron chi connectivity index (χ2n) is 5.32. The van der Waals surface area contributed by atoms with Crippen LogP contribution in [0.2, 0.25) is 0 Å². The van der Waals surface area contributed by atoms with Gasteiger partial charge in [-0.15, -0.1) is 0 Å². The topological polar surface area (TPSA) is 20.3 Å². The van der Waals surface area contributed by atoms with Gasteiger partial charge in [-0.1, -0.05) is 25.6 Å². The first-order valence-corrected chi connectivity index (χ1v) is 6.79. The lowest BCUT2D eigenvalue weighted by Crippen LogP contribution is -2.39. The van der Waals surface area contributed by atoms with E-state index in [1.54, 1.807) is 12.1 Å². The van der Waals surface area contributed by atoms with E-state index in [0.717, 1.165) is 25.1 Å². The average Bonchev–Trinajstić information content (AvgIpc) is 2.41. The Balaban J connectivity index is 2.04. The van der Waals surface area contributed by atoms with E-state index in [2.05, 4.69) is 13.5 Å². The number of nitrogens with zero attached hydrogens (tertiary/aromatic N) is 1. The standard InChI is InChI=1S/C16H20FNO/c1-3-14-9-13(6-7-15(14)17)10-16(19)18-8-4-5-12(2)11-18/h3,6-7,9,12H,1,4-5,8,10-11H2,2H3. The van der Waals surface area contributed by atoms with Crippen LogP contribution in [-0.2, 0) is 11.2 Å². The number of halogens is 1. The Morgan fingerprint density at radius 3 is 3.05 bits per heavy atom. The molecule has 2 nitrogen and oxygen atoms in total. The molecular weight excluding hydrogens is 241 g/mol. The minimum Gasteiger partial charge on any atom is -0.342 e. The SMILES string of the molecule is C=Cc1cc(CC(=O)N2CCCC(C)C2)ccc1F. The van der Waals surface area contributed by atoms with Gasteiger partial charge in [0.15, 0.2) is 0 Å². The summed E-state index contributed by atoms with van der Waals surface area (Å²) in [6.07, 6.45) is 4.09. The van der Waals surface area contributed by atoms with Crippen molar-refractivity contribution in [3.05, 3.63) is 41.7 Å². The van der Waals surface area contributed by atoms with E-state index in [1.165, 1.54) is 18.6 Å². The van der Waals surface area contributed by atoms with E-state index in [0.29, 0.717) is 17.9 Å². The maximum Gasteiger partial charge on any atom is 0.226 e. The van der Waals surface area contributed by atoms with Gasteiger partial charge in [-0.3, -0.25) is 4.79 Å². The first-order valence-electron chi connectivity index (χ1n) is 6.79. The van der Waals surface area contributed by atoms with Crippen molar-refractivity contribution in [2.45, 2.75) is 26.2 Å². The molecule has 1 fully saturated rings. The summed E-state index contributed by atoms with van der Waals surface area (Å²) in [5.41, 5.74) is 1.30. The molecule has 1 saturated heterocycles. The zero-order chi connectivity index (χ0) is 13.8. The third-order valence-corrected chi connectivity index (χ3v) is 3.65. The quantitative estimate of drug-likeness (QED) is 0.817. The average molecular weight is 261 g/mol. The van der Waals surface area contributed by atoms with Gasteiger partial charge in [-0.2, -0.15) is 0 Å². The maximum atomic E-state index is 13.3. The highest BCUT2D eigenvalue weighted by atomic mass is 19.1. The fraction of sp³-hybridized carbons (Fsp3) is 0.438. The molecule has 1 aliphatic rings. The van der Waals surface area contributed by atoms with E-state index in [9.17, 15) is 9.18 Å². The van der Waals surface area contributed by atoms with Crippen LogP contribution in [0.4, 0.5) is 4.39 Å². The van der Waals surface area contributed by atoms with Crippen molar-refractivity contribution in [3.8, 4) is 0 Å². The second-order valence-corrected chi connectivity index (χ2v) is 5.32. The summed E-state index contributed by atoms with van der Waals surface area (Å²) in [6.45, 7) is 7.44. The molecule has 0 N–H and O–H groups in total. The Morgan fingerprint density at radius 2 is 2.37 bits per heavy atom. The van der Waals surface area contributed by atoms with E-state index in [1.807, 2.05) is 4.90 Å². The van der Waals surface area contributed by atoms with Crippen LogP contribution in [0.15, 0.2) is 24.8 Å². The van der Waals surface area contributed by atoms with Crippen molar-refractivity contribution < 1.29 is 9.18 Å². The van der Waals surface area contributed by atoms with Gasteiger partial charge in [0.1, 0.15) is 5.82 Å². The van der Waals surface area contributed by atoms with Gasteiger partial charge < -0.3 is 4.90 Å². The molecule has 0 bridgehead atoms. The van der Waals surface area contributed by atoms with E-state index < -0.39 is 0 Å². The fourth-order valence-electron chi connectivity index (χ4n) is 2.56. The number of rotatable bonds is 3. The highest BCUT2D eigenvalue weighted by Crippen LogP contribution is 2.18. The molecule has 1 heterocycles. The highest BCUT2D eigenvalue weighted by molar-refractivity contribution is 5.79. The minimum absolute atomic E-state index is 0.133. The van der Waals surface area contributed by atoms with Crippen molar-refractivity contribution in [3.63, 3.8) is 0 Å². The lowest BCUT2D eigenvalue weighted by molar-refractivity contribution is -0.132. The van der Waals surface area contributed by atoms with Crippen molar-refractivity contribution in [2.24, 2.45) is 5.92 Å². The number of hydrogen-bond donors (Lipinski definition) is 0. The molecule has 1 aromatic carbocycles. The summed E-state index contributed by atoms with van der Waals surface area (Å²) in [7, 11) is 0. The number of piperidine rings is 1. The largest absolute Gasteiger partial charge is 0.342 e. The van der Waals surface area contributed by atoms with E-state index in [4.69, 9.17) is 0 Å². The third kappa shape index (κ3) is 3.43. The molecular formula is C16H20FNO. The van der Waals surface area contributed by atoms with Crippen LogP contribution < -0.4 is 0 Å². The van der Waals surface area contributed by atoms with E-state index in [-0.39, 0.29) is 11.7 Å². The molecule has 19 heavy (non-hydrogen) atoms. The van der Waals surface area contributed by atoms with Crippen LogP contribution in [0.3, 0.4) is 0 Å². The van der Waals surface area contributed by atoms with Gasteiger partial charge in [0.2, 0.25) is 5.91 Å². The summed E-state index contributed by atoms with van der Waals surface area (Å²) in [6, 6.07) is 4.78. The second kappa shape index (κ2) is 6.00. The third-order valence-electron chi connectivity index (χ3n) is 3.65. The van der Waals surface area contributed by atoms with Gasteiger partial charge in [0, 0.05) is 18.7 Å². The van der Waals surface area contributed by atoms with Crippen LogP contribution in [0, 0.1) is 11.7 Å². The summed E-state index contributed by atoms with van der Waals surface area (Å²) >= 11 is 0. The monoisotopic (exact) mass is 261 g/mol. The van der Waals surface area contributed by atoms with Crippen molar-refractivity contribution in [2.75, 3.05) is 13.1 Å². The van der Waals surface area contributed by atoms with Crippen LogP contribution in [0.25, 0.3) is 6.08 Å². The van der Waals surface area contributed by atoms with Crippen LogP contribution in [0.1, 0.15) is 30.9 Å². The molecule has 0 radical (unpaired) electrons. The van der Waals surface area contributed by atoms with Gasteiger partial charge in [-0.25, -0.2) is 4.39 Å². The molecule has 1 aliphatic heterocycles. The molecule has 0 spiro atoms. The van der Waals surface area contributed by atoms with Crippen molar-refractivity contribution in [1.29, 1.82) is 0 Å². The molecule has 1 aromatic rings. The summed E-state index contributed by atoms with van der Waals surface area (Å²) in [5.74, 6) is 0.417. The Morgan fingerprint density at radius 1 is 1.58 bits per heavy atom. The zero-order valence-corrected chi connectivity index (χ0v) is 11.4. The van der Waals surface area contributed by atoms with Gasteiger partial charge in [-0.05, 0) is 36.5 Å². The number of hydrogen-bond acceptors (Lipinski definition) is 1. The lowest BCUT2D eigenvalue weighted by atomic mass is 9.99. The predicted octanol–water partition coefficient (Wildman–Crippen LogP) is 3.27. The van der Waals surface area contributed by atoms with E-state index >= 15 is 0 Å². The van der Waals surface area contributed by atoms with Crippen molar-refractivity contribution >= 4 is 12.0 Å². The Kier molecular flexibility index (Phi) is 4.35. The Bertz CT molecular complexity index is 484. The molecule has 0 aliphatic carbocycles. The normalized spacial score (nSPS) is 19.3. The van der Waals surface area contributed by atoms with Crippen LogP contribution in [0.5, 0.6) is 0 Å². The van der Waals surface area contributed by atoms with Gasteiger partial charge in [0.05, 0.1) is 6.42 Å². The predicted molar refractivity (Wildman–Crippen MR) is 75.2 cm³/mol. The summed E-state index contributed by atoms with van der Waals surface area (Å²) in [5, 5.41) is 0. The zero-order valence-electron chi connectivity index (χ0n) is 11.4. The number of carbonyl (C=O) groups excluding carboxylic acids is 1. The van der Waals surface area contributed by atoms with Gasteiger partial charge >= 0.3 is 0 Å².